The zero-order valence-electron chi connectivity index (χ0n) is 10.6. The molecule has 108 valence electrons. The Kier molecular flexibility index (Phi) is 4.59. The van der Waals surface area contributed by atoms with Crippen LogP contribution in [0.3, 0.4) is 0 Å². The van der Waals surface area contributed by atoms with Gasteiger partial charge in [0.2, 0.25) is 10.0 Å². The zero-order valence-corrected chi connectivity index (χ0v) is 13.1. The fourth-order valence-electron chi connectivity index (χ4n) is 1.51. The van der Waals surface area contributed by atoms with Crippen molar-refractivity contribution in [3.63, 3.8) is 0 Å². The normalized spacial score (nSPS) is 11.7. The topological polar surface area (TPSA) is 83.5 Å². The second kappa shape index (κ2) is 6.04. The Morgan fingerprint density at radius 2 is 2.05 bits per heavy atom. The molecule has 0 aliphatic carbocycles. The van der Waals surface area contributed by atoms with Crippen molar-refractivity contribution < 1.29 is 18.3 Å². The van der Waals surface area contributed by atoms with Gasteiger partial charge in [-0.05, 0) is 24.6 Å². The van der Waals surface area contributed by atoms with Crippen LogP contribution in [-0.4, -0.2) is 19.5 Å². The van der Waals surface area contributed by atoms with Crippen molar-refractivity contribution >= 4 is 38.7 Å². The molecule has 2 aromatic heterocycles. The first-order valence-corrected chi connectivity index (χ1v) is 8.99. The van der Waals surface area contributed by atoms with Crippen molar-refractivity contribution in [2.24, 2.45) is 0 Å². The van der Waals surface area contributed by atoms with Gasteiger partial charge in [-0.1, -0.05) is 6.92 Å². The molecule has 2 N–H and O–H groups in total. The van der Waals surface area contributed by atoms with E-state index >= 15 is 0 Å². The van der Waals surface area contributed by atoms with Crippen molar-refractivity contribution in [2.45, 2.75) is 24.1 Å². The first-order chi connectivity index (χ1) is 9.42. The molecule has 0 radical (unpaired) electrons. The van der Waals surface area contributed by atoms with Crippen LogP contribution in [0.1, 0.15) is 27.0 Å². The predicted octanol–water partition coefficient (Wildman–Crippen LogP) is 2.55. The molecule has 2 aromatic rings. The molecule has 0 amide bonds. The summed E-state index contributed by atoms with van der Waals surface area (Å²) >= 11 is 2.46. The van der Waals surface area contributed by atoms with Gasteiger partial charge in [-0.15, -0.1) is 22.7 Å². The Bertz CT molecular complexity index is 715. The van der Waals surface area contributed by atoms with E-state index in [-0.39, 0.29) is 16.3 Å². The second-order valence-electron chi connectivity index (χ2n) is 4.01. The summed E-state index contributed by atoms with van der Waals surface area (Å²) in [5.41, 5.74) is -0.0141. The highest BCUT2D eigenvalue weighted by atomic mass is 32.2. The van der Waals surface area contributed by atoms with Gasteiger partial charge in [0.15, 0.2) is 0 Å². The van der Waals surface area contributed by atoms with E-state index in [0.717, 1.165) is 22.6 Å². The highest BCUT2D eigenvalue weighted by Gasteiger charge is 2.18. The number of sulfonamides is 1. The molecule has 5 nitrogen and oxygen atoms in total. The monoisotopic (exact) mass is 331 g/mol. The number of rotatable bonds is 6. The van der Waals surface area contributed by atoms with E-state index in [9.17, 15) is 13.2 Å². The molecule has 20 heavy (non-hydrogen) atoms. The number of hydrogen-bond acceptors (Lipinski definition) is 5. The minimum Gasteiger partial charge on any atom is -0.478 e. The van der Waals surface area contributed by atoms with Gasteiger partial charge in [0.25, 0.3) is 0 Å². The number of thiophene rings is 2. The molecule has 0 aliphatic heterocycles. The predicted molar refractivity (Wildman–Crippen MR) is 79.0 cm³/mol. The molecule has 0 fully saturated rings. The summed E-state index contributed by atoms with van der Waals surface area (Å²) < 4.78 is 26.6. The Morgan fingerprint density at radius 1 is 1.35 bits per heavy atom. The van der Waals surface area contributed by atoms with Crippen molar-refractivity contribution in [3.05, 3.63) is 38.9 Å². The molecule has 2 rings (SSSR count). The summed E-state index contributed by atoms with van der Waals surface area (Å²) in [5, 5.41) is 10.1. The van der Waals surface area contributed by atoms with Gasteiger partial charge in [0.1, 0.15) is 4.21 Å². The van der Waals surface area contributed by atoms with Crippen LogP contribution in [0.25, 0.3) is 0 Å². The fourth-order valence-corrected chi connectivity index (χ4v) is 4.71. The number of aryl methyl sites for hydroxylation is 1. The summed E-state index contributed by atoms with van der Waals surface area (Å²) in [5.74, 6) is -1.13. The molecule has 0 saturated heterocycles. The molecule has 0 bridgehead atoms. The standard InChI is InChI=1S/C12H13NO4S3/c1-2-9-3-4-10(19-9)6-13-20(16,17)11-5-8(7-18-11)12(14)15/h3-5,7,13H,2,6H2,1H3,(H,14,15). The number of carbonyl (C=O) groups is 1. The Labute approximate surface area is 124 Å². The Balaban J connectivity index is 2.08. The molecular formula is C12H13NO4S3. The van der Waals surface area contributed by atoms with Crippen molar-refractivity contribution in [2.75, 3.05) is 0 Å². The third kappa shape index (κ3) is 3.45. The quantitative estimate of drug-likeness (QED) is 0.852. The maximum Gasteiger partial charge on any atom is 0.336 e. The number of carboxylic acids is 1. The minimum absolute atomic E-state index is 0.0141. The second-order valence-corrected chi connectivity index (χ2v) is 8.16. The molecule has 0 aromatic carbocycles. The lowest BCUT2D eigenvalue weighted by Crippen LogP contribution is -2.21. The first-order valence-electron chi connectivity index (χ1n) is 5.81. The van der Waals surface area contributed by atoms with Crippen LogP contribution < -0.4 is 4.72 Å². The molecule has 2 heterocycles. The third-order valence-electron chi connectivity index (χ3n) is 2.59. The maximum absolute atomic E-state index is 12.0. The smallest absolute Gasteiger partial charge is 0.336 e. The van der Waals surface area contributed by atoms with Crippen LogP contribution in [0, 0.1) is 0 Å². The van der Waals surface area contributed by atoms with Gasteiger partial charge in [-0.3, -0.25) is 0 Å². The lowest BCUT2D eigenvalue weighted by Gasteiger charge is -2.02. The summed E-state index contributed by atoms with van der Waals surface area (Å²) in [6.07, 6.45) is 0.921. The zero-order chi connectivity index (χ0) is 14.8. The average molecular weight is 331 g/mol. The van der Waals surface area contributed by atoms with E-state index < -0.39 is 16.0 Å². The molecule has 0 spiro atoms. The average Bonchev–Trinajstić information content (AvgIpc) is 3.05. The summed E-state index contributed by atoms with van der Waals surface area (Å²) in [7, 11) is -3.66. The van der Waals surface area contributed by atoms with Crippen LogP contribution in [0.2, 0.25) is 0 Å². The first kappa shape index (κ1) is 15.2. The van der Waals surface area contributed by atoms with E-state index in [1.807, 2.05) is 19.1 Å². The van der Waals surface area contributed by atoms with Crippen molar-refractivity contribution in [1.29, 1.82) is 0 Å². The largest absolute Gasteiger partial charge is 0.478 e. The molecular weight excluding hydrogens is 318 g/mol. The van der Waals surface area contributed by atoms with Crippen LogP contribution in [0.5, 0.6) is 0 Å². The van der Waals surface area contributed by atoms with E-state index in [2.05, 4.69) is 4.72 Å². The van der Waals surface area contributed by atoms with E-state index in [4.69, 9.17) is 5.11 Å². The number of hydrogen-bond donors (Lipinski definition) is 2. The van der Waals surface area contributed by atoms with E-state index in [1.165, 1.54) is 16.3 Å². The van der Waals surface area contributed by atoms with Gasteiger partial charge >= 0.3 is 5.97 Å². The van der Waals surface area contributed by atoms with Gasteiger partial charge in [-0.25, -0.2) is 17.9 Å². The summed E-state index contributed by atoms with van der Waals surface area (Å²) in [6, 6.07) is 5.03. The van der Waals surface area contributed by atoms with Crippen molar-refractivity contribution in [1.82, 2.24) is 4.72 Å². The molecule has 0 atom stereocenters. The Morgan fingerprint density at radius 3 is 2.60 bits per heavy atom. The highest BCUT2D eigenvalue weighted by molar-refractivity contribution is 7.91. The molecule has 0 unspecified atom stereocenters. The van der Waals surface area contributed by atoms with Crippen LogP contribution in [-0.2, 0) is 23.0 Å². The number of nitrogens with one attached hydrogen (secondary N) is 1. The van der Waals surface area contributed by atoms with Crippen LogP contribution in [0.15, 0.2) is 27.8 Å². The summed E-state index contributed by atoms with van der Waals surface area (Å²) in [6.45, 7) is 2.26. The molecule has 0 saturated carbocycles. The minimum atomic E-state index is -3.66. The number of aromatic carboxylic acids is 1. The SMILES string of the molecule is CCc1ccc(CNS(=O)(=O)c2cc(C(=O)O)cs2)s1. The Hall–Kier alpha value is -1.22. The molecule has 8 heteroatoms. The fraction of sp³-hybridized carbons (Fsp3) is 0.250. The van der Waals surface area contributed by atoms with E-state index in [1.54, 1.807) is 11.3 Å². The lowest BCUT2D eigenvalue weighted by atomic mass is 10.4. The number of carboxylic acid groups (broad SMARTS) is 1. The van der Waals surface area contributed by atoms with E-state index in [0.29, 0.717) is 0 Å². The molecule has 0 aliphatic rings. The van der Waals surface area contributed by atoms with Crippen LogP contribution >= 0.6 is 22.7 Å². The van der Waals surface area contributed by atoms with Gasteiger partial charge in [-0.2, -0.15) is 0 Å². The lowest BCUT2D eigenvalue weighted by molar-refractivity contribution is 0.0697. The van der Waals surface area contributed by atoms with Gasteiger partial charge in [0.05, 0.1) is 5.56 Å². The van der Waals surface area contributed by atoms with Crippen molar-refractivity contribution in [3.8, 4) is 0 Å². The van der Waals surface area contributed by atoms with Gasteiger partial charge < -0.3 is 5.11 Å². The van der Waals surface area contributed by atoms with Gasteiger partial charge in [0, 0.05) is 21.7 Å². The highest BCUT2D eigenvalue weighted by Crippen LogP contribution is 2.21. The van der Waals surface area contributed by atoms with Crippen LogP contribution in [0.4, 0.5) is 0 Å². The summed E-state index contributed by atoms with van der Waals surface area (Å²) in [4.78, 5) is 12.9. The maximum atomic E-state index is 12.0. The third-order valence-corrected chi connectivity index (χ3v) is 6.66.